The predicted octanol–water partition coefficient (Wildman–Crippen LogP) is 3.52. The van der Waals surface area contributed by atoms with E-state index in [1.807, 2.05) is 0 Å². The SMILES string of the molecule is C=C1C[C@@H]2CC3[C@@H]4C[C@H](CC[C@@H]1O2)O[C@H](C[C@@H]1O[C@H](CC=O)[C@H](OC)[C@H]1CC(=O)C[C@H]1CC[C@@H]2O[C@@H]5C[C@@H](O[C@]36C[C@@H](O)[C@@H]5O6)[C@H]2O1)C4=C. The number of carbonyl (C=O) groups is 2. The number of aldehydes is 1. The monoisotopic (exact) mass is 684 g/mol. The molecule has 9 aliphatic rings. The number of aliphatic hydroxyl groups is 1. The van der Waals surface area contributed by atoms with Crippen molar-refractivity contribution >= 4 is 12.1 Å². The normalized spacial score (nSPS) is 53.8. The van der Waals surface area contributed by atoms with E-state index < -0.39 is 24.1 Å². The molecule has 11 heteroatoms. The summed E-state index contributed by atoms with van der Waals surface area (Å²) in [4.78, 5) is 25.6. The number of hydrogen-bond acceptors (Lipinski definition) is 11. The second kappa shape index (κ2) is 12.8. The van der Waals surface area contributed by atoms with Crippen LogP contribution < -0.4 is 0 Å². The van der Waals surface area contributed by atoms with Gasteiger partial charge in [0, 0.05) is 57.5 Å². The summed E-state index contributed by atoms with van der Waals surface area (Å²) in [6, 6.07) is 0. The highest BCUT2D eigenvalue weighted by molar-refractivity contribution is 5.79. The van der Waals surface area contributed by atoms with Gasteiger partial charge in [0.05, 0.1) is 73.2 Å². The van der Waals surface area contributed by atoms with Crippen LogP contribution in [0.25, 0.3) is 0 Å². The molecule has 11 nitrogen and oxygen atoms in total. The van der Waals surface area contributed by atoms with Gasteiger partial charge in [-0.3, -0.25) is 4.79 Å². The Morgan fingerprint density at radius 2 is 1.65 bits per heavy atom. The van der Waals surface area contributed by atoms with Crippen molar-refractivity contribution in [2.24, 2.45) is 17.8 Å². The van der Waals surface area contributed by atoms with Gasteiger partial charge >= 0.3 is 0 Å². The first-order valence-corrected chi connectivity index (χ1v) is 18.9. The standard InChI is InChI=1S/C38H52O11/c1-18-10-23-14-26-24-13-22(4-6-28(18)44-23)43-31(19(24)2)15-32-25(35(42-3)30(46-32)8-9-39)12-20(40)11-21-5-7-29-37(45-21)34-16-33(47-29)36-27(41)17-38(26,48-34)49-36/h9,21-37,41H,1-2,4-8,10-17H2,3H3/t21-,22+,23-,24-,25+,26?,27-,28+,29+,30-,31-,32+,33-,34-,35-,36+,37+,38+/m1/s1. The number of aliphatic hydroxyl groups excluding tert-OH is 1. The number of carbonyl (C=O) groups excluding carboxylic acids is 2. The largest absolute Gasteiger partial charge is 0.390 e. The van der Waals surface area contributed by atoms with Crippen LogP contribution in [0.3, 0.4) is 0 Å². The maximum atomic E-state index is 13.8. The van der Waals surface area contributed by atoms with Crippen molar-refractivity contribution in [3.05, 3.63) is 24.3 Å². The fourth-order valence-corrected chi connectivity index (χ4v) is 11.4. The van der Waals surface area contributed by atoms with E-state index >= 15 is 0 Å². The molecular weight excluding hydrogens is 632 g/mol. The van der Waals surface area contributed by atoms with Crippen molar-refractivity contribution in [2.45, 2.75) is 175 Å². The zero-order chi connectivity index (χ0) is 33.6. The van der Waals surface area contributed by atoms with E-state index in [1.54, 1.807) is 7.11 Å². The average molecular weight is 685 g/mol. The summed E-state index contributed by atoms with van der Waals surface area (Å²) in [6.07, 6.45) is 4.01. The number of ketones is 1. The lowest BCUT2D eigenvalue weighted by atomic mass is 9.69. The van der Waals surface area contributed by atoms with Gasteiger partial charge in [-0.25, -0.2) is 0 Å². The van der Waals surface area contributed by atoms with Crippen LogP contribution in [0.5, 0.6) is 0 Å². The molecular formula is C38H52O11. The summed E-state index contributed by atoms with van der Waals surface area (Å²) in [6.45, 7) is 9.13. The van der Waals surface area contributed by atoms with Crippen molar-refractivity contribution in [1.29, 1.82) is 0 Å². The molecule has 11 bridgehead atoms. The lowest BCUT2D eigenvalue weighted by molar-refractivity contribution is -0.302. The van der Waals surface area contributed by atoms with Gasteiger partial charge in [0.15, 0.2) is 5.79 Å². The molecule has 0 radical (unpaired) electrons. The molecule has 1 N–H and O–H groups in total. The van der Waals surface area contributed by atoms with Gasteiger partial charge in [-0.15, -0.1) is 0 Å². The van der Waals surface area contributed by atoms with E-state index in [4.69, 9.17) is 44.5 Å². The Kier molecular flexibility index (Phi) is 8.73. The van der Waals surface area contributed by atoms with Gasteiger partial charge in [0.2, 0.25) is 0 Å². The maximum Gasteiger partial charge on any atom is 0.175 e. The average Bonchev–Trinajstić information content (AvgIpc) is 3.68. The molecule has 9 saturated heterocycles. The Morgan fingerprint density at radius 3 is 2.49 bits per heavy atom. The number of fused-ring (bicyclic) bond motifs is 9. The van der Waals surface area contributed by atoms with Crippen LogP contribution in [0.4, 0.5) is 0 Å². The van der Waals surface area contributed by atoms with E-state index in [2.05, 4.69) is 6.58 Å². The summed E-state index contributed by atoms with van der Waals surface area (Å²) < 4.78 is 53.8. The number of ether oxygens (including phenoxy) is 8. The molecule has 0 aromatic heterocycles. The van der Waals surface area contributed by atoms with Crippen LogP contribution in [0.2, 0.25) is 0 Å². The highest BCUT2D eigenvalue weighted by Crippen LogP contribution is 2.56. The van der Waals surface area contributed by atoms with Crippen molar-refractivity contribution < 1.29 is 52.6 Å². The molecule has 0 aromatic rings. The molecule has 9 fully saturated rings. The molecule has 9 rings (SSSR count). The third-order valence-corrected chi connectivity index (χ3v) is 13.6. The van der Waals surface area contributed by atoms with E-state index in [0.29, 0.717) is 32.1 Å². The Labute approximate surface area is 288 Å². The number of rotatable bonds is 3. The van der Waals surface area contributed by atoms with Crippen LogP contribution >= 0.6 is 0 Å². The first-order chi connectivity index (χ1) is 23.7. The van der Waals surface area contributed by atoms with Crippen molar-refractivity contribution in [2.75, 3.05) is 7.11 Å². The summed E-state index contributed by atoms with van der Waals surface area (Å²) in [7, 11) is 1.64. The molecule has 1 unspecified atom stereocenters. The molecule has 0 amide bonds. The Bertz CT molecular complexity index is 1340. The van der Waals surface area contributed by atoms with Crippen molar-refractivity contribution in [3.63, 3.8) is 0 Å². The predicted molar refractivity (Wildman–Crippen MR) is 172 cm³/mol. The first kappa shape index (κ1) is 33.3. The Hall–Kier alpha value is -1.54. The van der Waals surface area contributed by atoms with Crippen LogP contribution in [0.1, 0.15) is 83.5 Å². The van der Waals surface area contributed by atoms with Crippen LogP contribution in [0, 0.1) is 17.8 Å². The van der Waals surface area contributed by atoms with E-state index in [0.717, 1.165) is 49.5 Å². The van der Waals surface area contributed by atoms with Gasteiger partial charge in [-0.1, -0.05) is 13.2 Å². The smallest absolute Gasteiger partial charge is 0.175 e. The van der Waals surface area contributed by atoms with Crippen LogP contribution in [-0.4, -0.2) is 116 Å². The highest BCUT2D eigenvalue weighted by atomic mass is 16.7. The van der Waals surface area contributed by atoms with Crippen molar-refractivity contribution in [3.8, 4) is 0 Å². The lowest BCUT2D eigenvalue weighted by Crippen LogP contribution is -2.59. The fourth-order valence-electron chi connectivity index (χ4n) is 11.4. The molecule has 0 aliphatic carbocycles. The van der Waals surface area contributed by atoms with Gasteiger partial charge in [-0.05, 0) is 62.0 Å². The molecule has 18 atom stereocenters. The summed E-state index contributed by atoms with van der Waals surface area (Å²) in [5.74, 6) is -1.46. The number of hydrogen-bond donors (Lipinski definition) is 1. The molecule has 270 valence electrons. The van der Waals surface area contributed by atoms with Gasteiger partial charge in [0.1, 0.15) is 24.3 Å². The lowest BCUT2D eigenvalue weighted by Gasteiger charge is -2.51. The molecule has 49 heavy (non-hydrogen) atoms. The quantitative estimate of drug-likeness (QED) is 0.347. The first-order valence-electron chi connectivity index (χ1n) is 18.9. The number of Topliss-reactive ketones (excluding diaryl/α,β-unsaturated/α-hetero) is 1. The van der Waals surface area contributed by atoms with E-state index in [1.165, 1.54) is 0 Å². The molecule has 1 spiro atoms. The third kappa shape index (κ3) is 5.74. The third-order valence-electron chi connectivity index (χ3n) is 13.6. The zero-order valence-electron chi connectivity index (χ0n) is 28.5. The van der Waals surface area contributed by atoms with Gasteiger partial charge in [-0.2, -0.15) is 0 Å². The summed E-state index contributed by atoms with van der Waals surface area (Å²) >= 11 is 0. The van der Waals surface area contributed by atoms with Gasteiger partial charge < -0.3 is 47.8 Å². The second-order valence-electron chi connectivity index (χ2n) is 16.4. The highest BCUT2D eigenvalue weighted by Gasteiger charge is 2.64. The fraction of sp³-hybridized carbons (Fsp3) is 0.842. The minimum atomic E-state index is -1.10. The van der Waals surface area contributed by atoms with Crippen LogP contribution in [0.15, 0.2) is 24.3 Å². The Balaban J connectivity index is 1.14. The molecule has 9 aliphatic heterocycles. The van der Waals surface area contributed by atoms with Crippen LogP contribution in [-0.2, 0) is 47.5 Å². The Morgan fingerprint density at radius 1 is 0.816 bits per heavy atom. The summed E-state index contributed by atoms with van der Waals surface area (Å²) in [5.41, 5.74) is 2.07. The molecule has 0 saturated carbocycles. The van der Waals surface area contributed by atoms with Crippen molar-refractivity contribution in [1.82, 2.24) is 0 Å². The zero-order valence-corrected chi connectivity index (χ0v) is 28.5. The minimum absolute atomic E-state index is 0.0244. The van der Waals surface area contributed by atoms with E-state index in [-0.39, 0.29) is 110 Å². The number of methoxy groups -OCH3 is 1. The van der Waals surface area contributed by atoms with E-state index in [9.17, 15) is 14.7 Å². The van der Waals surface area contributed by atoms with Gasteiger partial charge in [0.25, 0.3) is 0 Å². The maximum absolute atomic E-state index is 13.8. The molecule has 0 aromatic carbocycles. The molecule has 9 heterocycles. The topological polar surface area (TPSA) is 128 Å². The second-order valence-corrected chi connectivity index (χ2v) is 16.4. The minimum Gasteiger partial charge on any atom is -0.390 e. The summed E-state index contributed by atoms with van der Waals surface area (Å²) in [5, 5.41) is 11.6.